The van der Waals surface area contributed by atoms with Gasteiger partial charge >= 0.3 is 0 Å². The Hall–Kier alpha value is -1.92. The molecular formula is C17H25N5O. The molecule has 1 aromatic carbocycles. The first-order chi connectivity index (χ1) is 11.1. The maximum absolute atomic E-state index is 12.1. The summed E-state index contributed by atoms with van der Waals surface area (Å²) in [4.78, 5) is 21.4. The maximum atomic E-state index is 12.1. The molecule has 1 amide bonds. The van der Waals surface area contributed by atoms with Crippen LogP contribution in [-0.2, 0) is 18.4 Å². The molecular weight excluding hydrogens is 290 g/mol. The second kappa shape index (κ2) is 6.68. The van der Waals surface area contributed by atoms with Crippen molar-refractivity contribution in [1.82, 2.24) is 24.7 Å². The molecule has 1 aromatic heterocycles. The monoisotopic (exact) mass is 315 g/mol. The molecule has 1 N–H and O–H groups in total. The van der Waals surface area contributed by atoms with Crippen molar-refractivity contribution in [2.45, 2.75) is 6.54 Å². The summed E-state index contributed by atoms with van der Waals surface area (Å²) in [6.07, 6.45) is 0. The van der Waals surface area contributed by atoms with Crippen LogP contribution < -0.4 is 5.32 Å². The van der Waals surface area contributed by atoms with Crippen LogP contribution in [0.25, 0.3) is 11.0 Å². The SMILES string of the molecule is CNC(=O)[C@H]1CN(C)CCN(Cc2nc3ccccc3n2C)C1. The third-order valence-electron chi connectivity index (χ3n) is 4.67. The van der Waals surface area contributed by atoms with Gasteiger partial charge in [-0.15, -0.1) is 0 Å². The van der Waals surface area contributed by atoms with Gasteiger partial charge in [0.1, 0.15) is 5.82 Å². The van der Waals surface area contributed by atoms with Crippen molar-refractivity contribution in [2.24, 2.45) is 13.0 Å². The molecule has 1 saturated heterocycles. The Morgan fingerprint density at radius 3 is 2.78 bits per heavy atom. The molecule has 23 heavy (non-hydrogen) atoms. The molecule has 3 rings (SSSR count). The zero-order valence-corrected chi connectivity index (χ0v) is 14.1. The summed E-state index contributed by atoms with van der Waals surface area (Å²) in [7, 11) is 5.85. The molecule has 124 valence electrons. The van der Waals surface area contributed by atoms with Crippen LogP contribution in [0, 0.1) is 5.92 Å². The van der Waals surface area contributed by atoms with E-state index in [9.17, 15) is 4.79 Å². The van der Waals surface area contributed by atoms with E-state index in [0.29, 0.717) is 0 Å². The smallest absolute Gasteiger partial charge is 0.225 e. The molecule has 0 aliphatic carbocycles. The highest BCUT2D eigenvalue weighted by Crippen LogP contribution is 2.17. The topological polar surface area (TPSA) is 53.4 Å². The zero-order chi connectivity index (χ0) is 16.4. The molecule has 2 heterocycles. The second-order valence-corrected chi connectivity index (χ2v) is 6.38. The molecule has 1 aliphatic heterocycles. The Balaban J connectivity index is 1.79. The Bertz CT molecular complexity index is 695. The Labute approximate surface area is 137 Å². The number of aromatic nitrogens is 2. The fourth-order valence-corrected chi connectivity index (χ4v) is 3.29. The van der Waals surface area contributed by atoms with Crippen molar-refractivity contribution in [3.63, 3.8) is 0 Å². The van der Waals surface area contributed by atoms with Crippen LogP contribution in [0.4, 0.5) is 0 Å². The van der Waals surface area contributed by atoms with Crippen LogP contribution in [0.5, 0.6) is 0 Å². The maximum Gasteiger partial charge on any atom is 0.225 e. The van der Waals surface area contributed by atoms with Gasteiger partial charge in [-0.2, -0.15) is 0 Å². The predicted octanol–water partition coefficient (Wildman–Crippen LogP) is 0.683. The van der Waals surface area contributed by atoms with E-state index >= 15 is 0 Å². The number of imidazole rings is 1. The summed E-state index contributed by atoms with van der Waals surface area (Å²) < 4.78 is 2.15. The number of carbonyl (C=O) groups excluding carboxylic acids is 1. The molecule has 2 aromatic rings. The van der Waals surface area contributed by atoms with Gasteiger partial charge in [-0.1, -0.05) is 12.1 Å². The van der Waals surface area contributed by atoms with Crippen LogP contribution in [0.3, 0.4) is 0 Å². The molecule has 6 heteroatoms. The number of hydrogen-bond donors (Lipinski definition) is 1. The highest BCUT2D eigenvalue weighted by Gasteiger charge is 2.26. The molecule has 0 spiro atoms. The molecule has 1 aliphatic rings. The highest BCUT2D eigenvalue weighted by molar-refractivity contribution is 5.79. The van der Waals surface area contributed by atoms with Crippen molar-refractivity contribution < 1.29 is 4.79 Å². The minimum absolute atomic E-state index is 0.00202. The minimum atomic E-state index is 0.00202. The summed E-state index contributed by atoms with van der Waals surface area (Å²) in [6.45, 7) is 4.27. The van der Waals surface area contributed by atoms with Crippen LogP contribution in [0.1, 0.15) is 5.82 Å². The van der Waals surface area contributed by atoms with E-state index < -0.39 is 0 Å². The number of aryl methyl sites for hydroxylation is 1. The van der Waals surface area contributed by atoms with Gasteiger partial charge in [0.05, 0.1) is 23.5 Å². The van der Waals surface area contributed by atoms with Gasteiger partial charge in [0.25, 0.3) is 0 Å². The van der Waals surface area contributed by atoms with Gasteiger partial charge in [-0.25, -0.2) is 4.98 Å². The number of fused-ring (bicyclic) bond motifs is 1. The van der Waals surface area contributed by atoms with E-state index in [-0.39, 0.29) is 11.8 Å². The van der Waals surface area contributed by atoms with Crippen LogP contribution in [-0.4, -0.2) is 65.5 Å². The first kappa shape index (κ1) is 16.0. The van der Waals surface area contributed by atoms with E-state index in [2.05, 4.69) is 39.8 Å². The largest absolute Gasteiger partial charge is 0.359 e. The molecule has 0 radical (unpaired) electrons. The fraction of sp³-hybridized carbons (Fsp3) is 0.529. The fourth-order valence-electron chi connectivity index (χ4n) is 3.29. The van der Waals surface area contributed by atoms with Crippen molar-refractivity contribution in [3.8, 4) is 0 Å². The summed E-state index contributed by atoms with van der Waals surface area (Å²) in [6, 6.07) is 8.19. The van der Waals surface area contributed by atoms with Crippen LogP contribution in [0.15, 0.2) is 24.3 Å². The quantitative estimate of drug-likeness (QED) is 0.905. The molecule has 0 unspecified atom stereocenters. The number of para-hydroxylation sites is 2. The van der Waals surface area contributed by atoms with E-state index in [1.807, 2.05) is 18.2 Å². The predicted molar refractivity (Wildman–Crippen MR) is 91.0 cm³/mol. The van der Waals surface area contributed by atoms with E-state index in [1.165, 1.54) is 0 Å². The summed E-state index contributed by atoms with van der Waals surface area (Å²) in [5, 5.41) is 2.79. The molecule has 0 saturated carbocycles. The molecule has 1 atom stereocenters. The number of likely N-dealkylation sites (N-methyl/N-ethyl adjacent to an activating group) is 1. The number of benzene rings is 1. The highest BCUT2D eigenvalue weighted by atomic mass is 16.1. The van der Waals surface area contributed by atoms with Gasteiger partial charge in [0.15, 0.2) is 0 Å². The Morgan fingerprint density at radius 2 is 2.04 bits per heavy atom. The van der Waals surface area contributed by atoms with E-state index in [4.69, 9.17) is 4.98 Å². The number of rotatable bonds is 3. The number of carbonyl (C=O) groups is 1. The number of nitrogens with zero attached hydrogens (tertiary/aromatic N) is 4. The first-order valence-corrected chi connectivity index (χ1v) is 8.11. The van der Waals surface area contributed by atoms with Crippen LogP contribution in [0.2, 0.25) is 0 Å². The van der Waals surface area contributed by atoms with Gasteiger partial charge in [-0.3, -0.25) is 9.69 Å². The lowest BCUT2D eigenvalue weighted by Gasteiger charge is -2.22. The standard InChI is InChI=1S/C17H25N5O/c1-18-17(23)13-10-20(2)8-9-22(11-13)12-16-19-14-6-4-5-7-15(14)21(16)3/h4-7,13H,8-12H2,1-3H3,(H,18,23)/t13-/m0/s1. The lowest BCUT2D eigenvalue weighted by Crippen LogP contribution is -2.39. The van der Waals surface area contributed by atoms with Gasteiger partial charge in [-0.05, 0) is 19.2 Å². The molecule has 0 bridgehead atoms. The van der Waals surface area contributed by atoms with Crippen LogP contribution >= 0.6 is 0 Å². The summed E-state index contributed by atoms with van der Waals surface area (Å²) >= 11 is 0. The summed E-state index contributed by atoms with van der Waals surface area (Å²) in [5.74, 6) is 1.17. The summed E-state index contributed by atoms with van der Waals surface area (Å²) in [5.41, 5.74) is 2.18. The second-order valence-electron chi connectivity index (χ2n) is 6.38. The van der Waals surface area contributed by atoms with Crippen molar-refractivity contribution in [3.05, 3.63) is 30.1 Å². The third-order valence-corrected chi connectivity index (χ3v) is 4.67. The number of amides is 1. The van der Waals surface area contributed by atoms with Crippen molar-refractivity contribution in [1.29, 1.82) is 0 Å². The Morgan fingerprint density at radius 1 is 1.26 bits per heavy atom. The van der Waals surface area contributed by atoms with Gasteiger partial charge in [0.2, 0.25) is 5.91 Å². The average Bonchev–Trinajstić information content (AvgIpc) is 2.74. The minimum Gasteiger partial charge on any atom is -0.359 e. The first-order valence-electron chi connectivity index (χ1n) is 8.11. The van der Waals surface area contributed by atoms with Gasteiger partial charge < -0.3 is 14.8 Å². The molecule has 6 nitrogen and oxygen atoms in total. The number of hydrogen-bond acceptors (Lipinski definition) is 4. The normalized spacial score (nSPS) is 20.6. The molecule has 1 fully saturated rings. The lowest BCUT2D eigenvalue weighted by atomic mass is 10.1. The van der Waals surface area contributed by atoms with E-state index in [0.717, 1.165) is 49.6 Å². The average molecular weight is 315 g/mol. The number of nitrogens with one attached hydrogen (secondary N) is 1. The van der Waals surface area contributed by atoms with E-state index in [1.54, 1.807) is 7.05 Å². The van der Waals surface area contributed by atoms with Gasteiger partial charge in [0, 0.05) is 40.3 Å². The third kappa shape index (κ3) is 3.38. The Kier molecular flexibility index (Phi) is 4.63. The zero-order valence-electron chi connectivity index (χ0n) is 14.1. The van der Waals surface area contributed by atoms with Crippen molar-refractivity contribution in [2.75, 3.05) is 40.3 Å². The van der Waals surface area contributed by atoms with Crippen molar-refractivity contribution >= 4 is 16.9 Å². The lowest BCUT2D eigenvalue weighted by molar-refractivity contribution is -0.125.